The Morgan fingerprint density at radius 2 is 1.81 bits per heavy atom. The van der Waals surface area contributed by atoms with Crippen LogP contribution in [0.4, 0.5) is 5.13 Å². The number of benzene rings is 2. The number of anilines is 1. The van der Waals surface area contributed by atoms with Gasteiger partial charge in [0.05, 0.1) is 12.2 Å². The molecule has 0 unspecified atom stereocenters. The molecule has 4 rings (SSSR count). The van der Waals surface area contributed by atoms with Crippen molar-refractivity contribution in [2.75, 3.05) is 19.0 Å². The van der Waals surface area contributed by atoms with Gasteiger partial charge in [-0.25, -0.2) is 4.98 Å². The summed E-state index contributed by atoms with van der Waals surface area (Å²) in [5, 5.41) is 3.98. The summed E-state index contributed by atoms with van der Waals surface area (Å²) in [6, 6.07) is 18.8. The molecule has 1 aliphatic rings. The summed E-state index contributed by atoms with van der Waals surface area (Å²) in [5.74, 6) is 0.101. The van der Waals surface area contributed by atoms with E-state index in [1.54, 1.807) is 11.3 Å². The summed E-state index contributed by atoms with van der Waals surface area (Å²) in [5.41, 5.74) is 4.52. The second-order valence-electron chi connectivity index (χ2n) is 6.69. The van der Waals surface area contributed by atoms with Crippen molar-refractivity contribution in [2.45, 2.75) is 18.9 Å². The predicted octanol–water partition coefficient (Wildman–Crippen LogP) is 4.03. The van der Waals surface area contributed by atoms with Crippen LogP contribution in [0, 0.1) is 0 Å². The van der Waals surface area contributed by atoms with Crippen LogP contribution < -0.4 is 10.2 Å². The molecule has 0 spiro atoms. The number of hydrogen-bond donors (Lipinski definition) is 1. The van der Waals surface area contributed by atoms with E-state index in [0.717, 1.165) is 10.8 Å². The topological polar surface area (TPSA) is 45.2 Å². The molecule has 5 heteroatoms. The Morgan fingerprint density at radius 1 is 1.08 bits per heavy atom. The Labute approximate surface area is 157 Å². The quantitative estimate of drug-likeness (QED) is 0.764. The maximum absolute atomic E-state index is 12.4. The third-order valence-electron chi connectivity index (χ3n) is 4.68. The highest BCUT2D eigenvalue weighted by Crippen LogP contribution is 2.42. The molecule has 132 valence electrons. The molecular formula is C21H21N3OS. The third kappa shape index (κ3) is 3.10. The van der Waals surface area contributed by atoms with E-state index in [2.05, 4.69) is 41.7 Å². The zero-order chi connectivity index (χ0) is 18.1. The van der Waals surface area contributed by atoms with Crippen LogP contribution in [0.25, 0.3) is 11.1 Å². The van der Waals surface area contributed by atoms with Crippen molar-refractivity contribution < 1.29 is 4.79 Å². The van der Waals surface area contributed by atoms with Gasteiger partial charge in [-0.3, -0.25) is 4.79 Å². The maximum atomic E-state index is 12.4. The van der Waals surface area contributed by atoms with Gasteiger partial charge in [-0.15, -0.1) is 11.3 Å². The van der Waals surface area contributed by atoms with Crippen molar-refractivity contribution in [1.29, 1.82) is 0 Å². The summed E-state index contributed by atoms with van der Waals surface area (Å²) < 4.78 is 0. The van der Waals surface area contributed by atoms with Gasteiger partial charge >= 0.3 is 0 Å². The molecule has 0 saturated heterocycles. The molecule has 2 aromatic carbocycles. The van der Waals surface area contributed by atoms with Crippen LogP contribution in [0.1, 0.15) is 28.5 Å². The molecule has 1 aromatic heterocycles. The van der Waals surface area contributed by atoms with Crippen molar-refractivity contribution in [1.82, 2.24) is 10.3 Å². The van der Waals surface area contributed by atoms with Crippen LogP contribution in [0.5, 0.6) is 0 Å². The normalized spacial score (nSPS) is 16.5. The number of thiazole rings is 1. The minimum atomic E-state index is 0.0232. The first-order valence-corrected chi connectivity index (χ1v) is 9.53. The number of carbonyl (C=O) groups excluding carboxylic acids is 1. The molecule has 1 aliphatic heterocycles. The Morgan fingerprint density at radius 3 is 2.58 bits per heavy atom. The first kappa shape index (κ1) is 16.8. The van der Waals surface area contributed by atoms with Crippen LogP contribution in [-0.2, 0) is 11.3 Å². The molecule has 1 N–H and O–H groups in total. The van der Waals surface area contributed by atoms with Gasteiger partial charge < -0.3 is 10.2 Å². The lowest BCUT2D eigenvalue weighted by molar-refractivity contribution is -0.121. The van der Waals surface area contributed by atoms with E-state index < -0.39 is 0 Å². The lowest BCUT2D eigenvalue weighted by Gasteiger charge is -2.18. The number of nitrogens with one attached hydrogen (secondary N) is 1. The molecule has 2 heterocycles. The predicted molar refractivity (Wildman–Crippen MR) is 107 cm³/mol. The highest BCUT2D eigenvalue weighted by molar-refractivity contribution is 7.15. The summed E-state index contributed by atoms with van der Waals surface area (Å²) in [6.45, 7) is 0.502. The Balaban J connectivity index is 1.86. The fraction of sp³-hybridized carbons (Fsp3) is 0.238. The Hall–Kier alpha value is -2.66. The van der Waals surface area contributed by atoms with Crippen LogP contribution in [0.2, 0.25) is 0 Å². The first-order chi connectivity index (χ1) is 12.6. The van der Waals surface area contributed by atoms with Crippen molar-refractivity contribution in [3.8, 4) is 11.1 Å². The SMILES string of the molecule is CN(C)c1nc2c(s1)[C@@H](c1ccccc1-c1ccccc1)CC(=O)NC2. The second kappa shape index (κ2) is 6.92. The summed E-state index contributed by atoms with van der Waals surface area (Å²) in [4.78, 5) is 20.3. The van der Waals surface area contributed by atoms with Crippen LogP contribution in [0.15, 0.2) is 54.6 Å². The van der Waals surface area contributed by atoms with Crippen LogP contribution >= 0.6 is 11.3 Å². The number of carbonyl (C=O) groups is 1. The van der Waals surface area contributed by atoms with Crippen LogP contribution in [-0.4, -0.2) is 25.0 Å². The van der Waals surface area contributed by atoms with Gasteiger partial charge in [0.15, 0.2) is 5.13 Å². The van der Waals surface area contributed by atoms with E-state index in [-0.39, 0.29) is 11.8 Å². The van der Waals surface area contributed by atoms with Crippen molar-refractivity contribution >= 4 is 22.4 Å². The number of rotatable bonds is 3. The lowest BCUT2D eigenvalue weighted by atomic mass is 9.87. The lowest BCUT2D eigenvalue weighted by Crippen LogP contribution is -2.21. The first-order valence-electron chi connectivity index (χ1n) is 8.71. The molecule has 1 atom stereocenters. The van der Waals surface area contributed by atoms with E-state index in [4.69, 9.17) is 4.98 Å². The zero-order valence-electron chi connectivity index (χ0n) is 14.9. The Bertz CT molecular complexity index is 933. The average molecular weight is 363 g/mol. The molecule has 26 heavy (non-hydrogen) atoms. The smallest absolute Gasteiger partial charge is 0.221 e. The summed E-state index contributed by atoms with van der Waals surface area (Å²) in [7, 11) is 4.01. The molecule has 4 nitrogen and oxygen atoms in total. The van der Waals surface area contributed by atoms with Gasteiger partial charge in [0.25, 0.3) is 0 Å². The average Bonchev–Trinajstić information content (AvgIpc) is 3.03. The summed E-state index contributed by atoms with van der Waals surface area (Å²) >= 11 is 1.69. The van der Waals surface area contributed by atoms with E-state index in [0.29, 0.717) is 13.0 Å². The fourth-order valence-electron chi connectivity index (χ4n) is 3.41. The van der Waals surface area contributed by atoms with Gasteiger partial charge in [-0.05, 0) is 16.7 Å². The molecule has 0 bridgehead atoms. The highest BCUT2D eigenvalue weighted by atomic mass is 32.1. The number of amides is 1. The number of aromatic nitrogens is 1. The monoisotopic (exact) mass is 363 g/mol. The van der Waals surface area contributed by atoms with E-state index >= 15 is 0 Å². The van der Waals surface area contributed by atoms with E-state index in [1.807, 2.05) is 37.2 Å². The van der Waals surface area contributed by atoms with E-state index in [9.17, 15) is 4.79 Å². The molecule has 3 aromatic rings. The number of hydrogen-bond acceptors (Lipinski definition) is 4. The zero-order valence-corrected chi connectivity index (χ0v) is 15.7. The molecule has 0 radical (unpaired) electrons. The standard InChI is InChI=1S/C21H21N3OS/c1-24(2)21-23-18-13-22-19(25)12-17(20(18)26-21)16-11-7-6-10-15(16)14-8-4-3-5-9-14/h3-11,17H,12-13H2,1-2H3,(H,22,25)/t17-/m1/s1. The van der Waals surface area contributed by atoms with Crippen molar-refractivity contribution in [3.63, 3.8) is 0 Å². The molecule has 0 aliphatic carbocycles. The molecule has 0 fully saturated rings. The minimum absolute atomic E-state index is 0.0232. The Kier molecular flexibility index (Phi) is 4.47. The fourth-order valence-corrected chi connectivity index (χ4v) is 4.53. The molecular weight excluding hydrogens is 342 g/mol. The van der Waals surface area contributed by atoms with E-state index in [1.165, 1.54) is 21.6 Å². The number of fused-ring (bicyclic) bond motifs is 1. The van der Waals surface area contributed by atoms with Crippen LogP contribution in [0.3, 0.4) is 0 Å². The largest absolute Gasteiger partial charge is 0.354 e. The van der Waals surface area contributed by atoms with Gasteiger partial charge in [-0.1, -0.05) is 54.6 Å². The van der Waals surface area contributed by atoms with Crippen molar-refractivity contribution in [3.05, 3.63) is 70.7 Å². The van der Waals surface area contributed by atoms with Gasteiger partial charge in [0, 0.05) is 31.3 Å². The molecule has 0 saturated carbocycles. The summed E-state index contributed by atoms with van der Waals surface area (Å²) in [6.07, 6.45) is 0.450. The van der Waals surface area contributed by atoms with Gasteiger partial charge in [0.2, 0.25) is 5.91 Å². The maximum Gasteiger partial charge on any atom is 0.221 e. The minimum Gasteiger partial charge on any atom is -0.354 e. The van der Waals surface area contributed by atoms with Crippen molar-refractivity contribution in [2.24, 2.45) is 0 Å². The van der Waals surface area contributed by atoms with Gasteiger partial charge in [0.1, 0.15) is 0 Å². The van der Waals surface area contributed by atoms with Gasteiger partial charge in [-0.2, -0.15) is 0 Å². The third-order valence-corrected chi connectivity index (χ3v) is 6.06. The highest BCUT2D eigenvalue weighted by Gasteiger charge is 2.29. The second-order valence-corrected chi connectivity index (χ2v) is 7.70. The molecule has 1 amide bonds. The number of nitrogens with zero attached hydrogens (tertiary/aromatic N) is 2.